The van der Waals surface area contributed by atoms with Crippen molar-refractivity contribution in [3.63, 3.8) is 0 Å². The van der Waals surface area contributed by atoms with Crippen LogP contribution < -0.4 is 5.32 Å². The third-order valence-electron chi connectivity index (χ3n) is 4.37. The van der Waals surface area contributed by atoms with Gasteiger partial charge < -0.3 is 19.2 Å². The second-order valence-electron chi connectivity index (χ2n) is 6.13. The van der Waals surface area contributed by atoms with E-state index >= 15 is 0 Å². The van der Waals surface area contributed by atoms with Gasteiger partial charge in [-0.05, 0) is 25.6 Å². The van der Waals surface area contributed by atoms with Crippen molar-refractivity contribution in [2.24, 2.45) is 7.05 Å². The maximum Gasteiger partial charge on any atom is 0.227 e. The zero-order chi connectivity index (χ0) is 15.7. The van der Waals surface area contributed by atoms with Crippen molar-refractivity contribution in [1.82, 2.24) is 19.8 Å². The van der Waals surface area contributed by atoms with Crippen LogP contribution in [-0.2, 0) is 18.3 Å². The molecule has 1 saturated heterocycles. The van der Waals surface area contributed by atoms with Crippen LogP contribution in [0.3, 0.4) is 0 Å². The van der Waals surface area contributed by atoms with Gasteiger partial charge in [0.05, 0.1) is 25.1 Å². The van der Waals surface area contributed by atoms with E-state index in [1.807, 2.05) is 30.8 Å². The smallest absolute Gasteiger partial charge is 0.227 e. The molecule has 3 rings (SSSR count). The van der Waals surface area contributed by atoms with Crippen LogP contribution in [0, 0.1) is 6.92 Å². The summed E-state index contributed by atoms with van der Waals surface area (Å²) in [5.74, 6) is 1.01. The number of carbonyl (C=O) groups excluding carboxylic acids is 1. The fourth-order valence-corrected chi connectivity index (χ4v) is 3.16. The molecule has 0 radical (unpaired) electrons. The first kappa shape index (κ1) is 14.8. The van der Waals surface area contributed by atoms with Gasteiger partial charge in [0.15, 0.2) is 0 Å². The van der Waals surface area contributed by atoms with E-state index in [1.165, 1.54) is 0 Å². The summed E-state index contributed by atoms with van der Waals surface area (Å²) in [4.78, 5) is 18.7. The van der Waals surface area contributed by atoms with Crippen LogP contribution in [0.1, 0.15) is 22.9 Å². The van der Waals surface area contributed by atoms with Crippen molar-refractivity contribution in [1.29, 1.82) is 0 Å². The van der Waals surface area contributed by atoms with Crippen molar-refractivity contribution in [2.75, 3.05) is 20.1 Å². The lowest BCUT2D eigenvalue weighted by molar-refractivity contribution is -0.121. The molecule has 0 unspecified atom stereocenters. The number of aromatic nitrogens is 2. The highest BCUT2D eigenvalue weighted by atomic mass is 16.3. The van der Waals surface area contributed by atoms with Crippen LogP contribution in [0.2, 0.25) is 0 Å². The zero-order valence-electron chi connectivity index (χ0n) is 13.2. The number of hydrogen-bond donors (Lipinski definition) is 1. The summed E-state index contributed by atoms with van der Waals surface area (Å²) >= 11 is 0. The predicted octanol–water partition coefficient (Wildman–Crippen LogP) is 1.08. The molecule has 6 nitrogen and oxygen atoms in total. The van der Waals surface area contributed by atoms with Crippen molar-refractivity contribution < 1.29 is 9.21 Å². The Morgan fingerprint density at radius 3 is 2.91 bits per heavy atom. The maximum atomic E-state index is 12.3. The van der Waals surface area contributed by atoms with Gasteiger partial charge in [0.1, 0.15) is 5.76 Å². The number of rotatable bonds is 4. The Kier molecular flexibility index (Phi) is 4.02. The number of likely N-dealkylation sites (N-methyl/N-ethyl adjacent to an activating group) is 1. The van der Waals surface area contributed by atoms with E-state index in [9.17, 15) is 4.79 Å². The fourth-order valence-electron chi connectivity index (χ4n) is 3.16. The summed E-state index contributed by atoms with van der Waals surface area (Å²) < 4.78 is 7.38. The highest BCUT2D eigenvalue weighted by Crippen LogP contribution is 2.26. The molecular formula is C16H22N4O2. The molecule has 0 saturated carbocycles. The van der Waals surface area contributed by atoms with Crippen molar-refractivity contribution >= 4 is 5.91 Å². The third-order valence-corrected chi connectivity index (χ3v) is 4.37. The Labute approximate surface area is 130 Å². The quantitative estimate of drug-likeness (QED) is 0.918. The largest absolute Gasteiger partial charge is 0.469 e. The van der Waals surface area contributed by atoms with Gasteiger partial charge >= 0.3 is 0 Å². The average molecular weight is 302 g/mol. The summed E-state index contributed by atoms with van der Waals surface area (Å²) in [7, 11) is 4.07. The summed E-state index contributed by atoms with van der Waals surface area (Å²) in [5, 5.41) is 3.16. The van der Waals surface area contributed by atoms with Crippen molar-refractivity contribution in [2.45, 2.75) is 25.3 Å². The van der Waals surface area contributed by atoms with E-state index in [2.05, 4.69) is 22.2 Å². The number of nitrogens with zero attached hydrogens (tertiary/aromatic N) is 3. The number of furan rings is 1. The molecule has 1 aliphatic heterocycles. The minimum absolute atomic E-state index is 0.00511. The highest BCUT2D eigenvalue weighted by molar-refractivity contribution is 5.78. The van der Waals surface area contributed by atoms with Gasteiger partial charge in [-0.3, -0.25) is 4.79 Å². The second kappa shape index (κ2) is 5.96. The van der Waals surface area contributed by atoms with Crippen LogP contribution in [0.4, 0.5) is 0 Å². The van der Waals surface area contributed by atoms with Gasteiger partial charge in [0, 0.05) is 37.9 Å². The van der Waals surface area contributed by atoms with Crippen LogP contribution in [-0.4, -0.2) is 46.5 Å². The summed E-state index contributed by atoms with van der Waals surface area (Å²) in [6, 6.07) is 1.98. The molecule has 1 aliphatic rings. The molecule has 1 N–H and O–H groups in total. The molecule has 2 aromatic rings. The standard InChI is InChI=1S/C16H22N4O2/c1-11-4-5-22-15(11)6-16(21)18-13-9-19(2)8-12(13)14-7-17-10-20(14)3/h4-5,7,10,12-13H,6,8-9H2,1-3H3,(H,18,21)/t12-,13-/m1/s1. The van der Waals surface area contributed by atoms with E-state index in [1.54, 1.807) is 12.6 Å². The molecule has 0 aromatic carbocycles. The summed E-state index contributed by atoms with van der Waals surface area (Å²) in [5.41, 5.74) is 2.17. The SMILES string of the molecule is Cc1ccoc1CC(=O)N[C@@H]1CN(C)C[C@H]1c1cncn1C. The minimum Gasteiger partial charge on any atom is -0.469 e. The van der Waals surface area contributed by atoms with Gasteiger partial charge in [0.2, 0.25) is 5.91 Å². The average Bonchev–Trinajstić information content (AvgIpc) is 3.13. The van der Waals surface area contributed by atoms with Gasteiger partial charge in [-0.15, -0.1) is 0 Å². The second-order valence-corrected chi connectivity index (χ2v) is 6.13. The molecule has 22 heavy (non-hydrogen) atoms. The van der Waals surface area contributed by atoms with E-state index in [0.717, 1.165) is 30.1 Å². The Hall–Kier alpha value is -2.08. The topological polar surface area (TPSA) is 63.3 Å². The van der Waals surface area contributed by atoms with Crippen molar-refractivity contribution in [3.05, 3.63) is 41.9 Å². The van der Waals surface area contributed by atoms with E-state index in [4.69, 9.17) is 4.42 Å². The molecule has 0 aliphatic carbocycles. The van der Waals surface area contributed by atoms with Gasteiger partial charge in [-0.1, -0.05) is 0 Å². The molecule has 2 atom stereocenters. The molecule has 3 heterocycles. The Balaban J connectivity index is 1.69. The number of hydrogen-bond acceptors (Lipinski definition) is 4. The Bertz CT molecular complexity index is 661. The third kappa shape index (κ3) is 2.92. The predicted molar refractivity (Wildman–Crippen MR) is 82.5 cm³/mol. The molecule has 1 fully saturated rings. The summed E-state index contributed by atoms with van der Waals surface area (Å²) in [6.07, 6.45) is 5.61. The molecule has 2 aromatic heterocycles. The van der Waals surface area contributed by atoms with Crippen molar-refractivity contribution in [3.8, 4) is 0 Å². The van der Waals surface area contributed by atoms with Crippen LogP contribution >= 0.6 is 0 Å². The minimum atomic E-state index is 0.00511. The lowest BCUT2D eigenvalue weighted by atomic mass is 10.00. The van der Waals surface area contributed by atoms with E-state index in [0.29, 0.717) is 0 Å². The van der Waals surface area contributed by atoms with Gasteiger partial charge in [-0.25, -0.2) is 4.98 Å². The van der Waals surface area contributed by atoms with Crippen LogP contribution in [0.5, 0.6) is 0 Å². The van der Waals surface area contributed by atoms with Crippen LogP contribution in [0.25, 0.3) is 0 Å². The number of nitrogens with one attached hydrogen (secondary N) is 1. The van der Waals surface area contributed by atoms with Crippen LogP contribution in [0.15, 0.2) is 29.3 Å². The van der Waals surface area contributed by atoms with E-state index < -0.39 is 0 Å². The number of imidazole rings is 1. The fraction of sp³-hybridized carbons (Fsp3) is 0.500. The zero-order valence-corrected chi connectivity index (χ0v) is 13.2. The summed E-state index contributed by atoms with van der Waals surface area (Å²) in [6.45, 7) is 3.72. The van der Waals surface area contributed by atoms with E-state index in [-0.39, 0.29) is 24.3 Å². The lowest BCUT2D eigenvalue weighted by Crippen LogP contribution is -2.40. The highest BCUT2D eigenvalue weighted by Gasteiger charge is 2.34. The maximum absolute atomic E-state index is 12.3. The van der Waals surface area contributed by atoms with Gasteiger partial charge in [0.25, 0.3) is 0 Å². The van der Waals surface area contributed by atoms with Gasteiger partial charge in [-0.2, -0.15) is 0 Å². The number of aryl methyl sites for hydroxylation is 2. The first-order valence-corrected chi connectivity index (χ1v) is 7.51. The molecule has 0 bridgehead atoms. The Morgan fingerprint density at radius 2 is 2.27 bits per heavy atom. The number of carbonyl (C=O) groups is 1. The monoisotopic (exact) mass is 302 g/mol. The molecule has 6 heteroatoms. The molecule has 1 amide bonds. The first-order chi connectivity index (χ1) is 10.5. The Morgan fingerprint density at radius 1 is 1.45 bits per heavy atom. The molecular weight excluding hydrogens is 280 g/mol. The molecule has 0 spiro atoms. The molecule has 118 valence electrons. The first-order valence-electron chi connectivity index (χ1n) is 7.51. The number of likely N-dealkylation sites (tertiary alicyclic amines) is 1. The normalized spacial score (nSPS) is 22.1. The number of amides is 1. The lowest BCUT2D eigenvalue weighted by Gasteiger charge is -2.20.